The maximum Gasteiger partial charge on any atom is 0.335 e. The van der Waals surface area contributed by atoms with Crippen LogP contribution < -0.4 is 0 Å². The summed E-state index contributed by atoms with van der Waals surface area (Å²) in [6.45, 7) is 6.86. The standard InChI is InChI=1S/C19H27N3O3/c1-20-9-11-21(12-10-20)13-14-22-8-2-3-17(18(22)23)15-4-6-16(7-5-15)19(24)25/h4-7,17H,2-3,8-14H2,1H3,(H,24,25). The maximum absolute atomic E-state index is 12.9. The predicted molar refractivity (Wildman–Crippen MR) is 95.9 cm³/mol. The molecule has 1 unspecified atom stereocenters. The number of benzene rings is 1. The summed E-state index contributed by atoms with van der Waals surface area (Å²) in [5, 5.41) is 9.01. The first-order valence-electron chi connectivity index (χ1n) is 9.07. The van der Waals surface area contributed by atoms with Gasteiger partial charge < -0.3 is 14.9 Å². The van der Waals surface area contributed by atoms with Gasteiger partial charge in [0, 0.05) is 45.8 Å². The van der Waals surface area contributed by atoms with Crippen molar-refractivity contribution in [3.63, 3.8) is 0 Å². The number of carboxylic acids is 1. The Labute approximate surface area is 149 Å². The number of piperidine rings is 1. The van der Waals surface area contributed by atoms with Gasteiger partial charge in [-0.15, -0.1) is 0 Å². The zero-order chi connectivity index (χ0) is 17.8. The first-order chi connectivity index (χ1) is 12.0. The van der Waals surface area contributed by atoms with Crippen LogP contribution in [0.4, 0.5) is 0 Å². The molecule has 2 saturated heterocycles. The summed E-state index contributed by atoms with van der Waals surface area (Å²) in [4.78, 5) is 30.6. The zero-order valence-electron chi connectivity index (χ0n) is 14.9. The van der Waals surface area contributed by atoms with Gasteiger partial charge >= 0.3 is 5.97 Å². The van der Waals surface area contributed by atoms with E-state index >= 15 is 0 Å². The minimum atomic E-state index is -0.935. The van der Waals surface area contributed by atoms with Crippen LogP contribution in [0.15, 0.2) is 24.3 Å². The fourth-order valence-electron chi connectivity index (χ4n) is 3.66. The van der Waals surface area contributed by atoms with Crippen LogP contribution in [0.1, 0.15) is 34.7 Å². The van der Waals surface area contributed by atoms with E-state index in [1.54, 1.807) is 24.3 Å². The van der Waals surface area contributed by atoms with E-state index in [0.29, 0.717) is 0 Å². The average molecular weight is 345 g/mol. The van der Waals surface area contributed by atoms with Gasteiger partial charge in [-0.05, 0) is 37.6 Å². The highest BCUT2D eigenvalue weighted by Crippen LogP contribution is 2.28. The molecule has 3 rings (SSSR count). The van der Waals surface area contributed by atoms with Gasteiger partial charge in [0.1, 0.15) is 0 Å². The number of likely N-dealkylation sites (N-methyl/N-ethyl adjacent to an activating group) is 1. The van der Waals surface area contributed by atoms with Gasteiger partial charge in [-0.25, -0.2) is 4.79 Å². The number of likely N-dealkylation sites (tertiary alicyclic amines) is 1. The van der Waals surface area contributed by atoms with Crippen molar-refractivity contribution < 1.29 is 14.7 Å². The van der Waals surface area contributed by atoms with Crippen LogP contribution in [0.2, 0.25) is 0 Å². The number of hydrogen-bond acceptors (Lipinski definition) is 4. The lowest BCUT2D eigenvalue weighted by Gasteiger charge is -2.36. The summed E-state index contributed by atoms with van der Waals surface area (Å²) in [6, 6.07) is 6.76. The molecule has 1 amide bonds. The van der Waals surface area contributed by atoms with Gasteiger partial charge in [0.25, 0.3) is 0 Å². The van der Waals surface area contributed by atoms with Crippen molar-refractivity contribution in [2.45, 2.75) is 18.8 Å². The highest BCUT2D eigenvalue weighted by atomic mass is 16.4. The number of rotatable bonds is 5. The molecule has 0 radical (unpaired) electrons. The van der Waals surface area contributed by atoms with E-state index in [-0.39, 0.29) is 17.4 Å². The number of nitrogens with zero attached hydrogens (tertiary/aromatic N) is 3. The van der Waals surface area contributed by atoms with Crippen molar-refractivity contribution in [3.05, 3.63) is 35.4 Å². The van der Waals surface area contributed by atoms with Gasteiger partial charge in [0.15, 0.2) is 0 Å². The molecule has 2 heterocycles. The first kappa shape index (κ1) is 17.9. The molecule has 0 aliphatic carbocycles. The first-order valence-corrected chi connectivity index (χ1v) is 9.07. The molecule has 6 nitrogen and oxygen atoms in total. The summed E-state index contributed by atoms with van der Waals surface area (Å²) in [7, 11) is 2.14. The van der Waals surface area contributed by atoms with Crippen LogP contribution in [0.25, 0.3) is 0 Å². The zero-order valence-corrected chi connectivity index (χ0v) is 14.9. The summed E-state index contributed by atoms with van der Waals surface area (Å²) in [5.41, 5.74) is 1.19. The van der Waals surface area contributed by atoms with Crippen LogP contribution in [-0.2, 0) is 4.79 Å². The Kier molecular flexibility index (Phi) is 5.71. The van der Waals surface area contributed by atoms with E-state index in [1.165, 1.54) is 0 Å². The summed E-state index contributed by atoms with van der Waals surface area (Å²) in [6.07, 6.45) is 1.84. The smallest absolute Gasteiger partial charge is 0.335 e. The van der Waals surface area contributed by atoms with Crippen molar-refractivity contribution in [1.29, 1.82) is 0 Å². The Balaban J connectivity index is 1.58. The lowest BCUT2D eigenvalue weighted by Crippen LogP contribution is -2.49. The molecule has 0 saturated carbocycles. The predicted octanol–water partition coefficient (Wildman–Crippen LogP) is 1.34. The Morgan fingerprint density at radius 3 is 2.40 bits per heavy atom. The van der Waals surface area contributed by atoms with Crippen molar-refractivity contribution in [2.24, 2.45) is 0 Å². The molecule has 2 aliphatic heterocycles. The third kappa shape index (κ3) is 4.38. The van der Waals surface area contributed by atoms with Crippen LogP contribution in [0, 0.1) is 0 Å². The fourth-order valence-corrected chi connectivity index (χ4v) is 3.66. The van der Waals surface area contributed by atoms with Gasteiger partial charge in [-0.2, -0.15) is 0 Å². The van der Waals surface area contributed by atoms with Gasteiger partial charge in [0.05, 0.1) is 11.5 Å². The molecule has 1 aromatic carbocycles. The molecule has 25 heavy (non-hydrogen) atoms. The van der Waals surface area contributed by atoms with Crippen LogP contribution in [0.5, 0.6) is 0 Å². The topological polar surface area (TPSA) is 64.1 Å². The second-order valence-corrected chi connectivity index (χ2v) is 7.09. The largest absolute Gasteiger partial charge is 0.478 e. The fraction of sp³-hybridized carbons (Fsp3) is 0.579. The number of carbonyl (C=O) groups excluding carboxylic acids is 1. The molecule has 136 valence electrons. The lowest BCUT2D eigenvalue weighted by atomic mass is 9.89. The normalized spacial score (nSPS) is 23.0. The van der Waals surface area contributed by atoms with E-state index in [4.69, 9.17) is 5.11 Å². The van der Waals surface area contributed by atoms with E-state index in [9.17, 15) is 9.59 Å². The van der Waals surface area contributed by atoms with Crippen LogP contribution in [0.3, 0.4) is 0 Å². The van der Waals surface area contributed by atoms with Crippen molar-refractivity contribution in [2.75, 3.05) is 52.9 Å². The number of hydrogen-bond donors (Lipinski definition) is 1. The van der Waals surface area contributed by atoms with E-state index in [0.717, 1.165) is 64.2 Å². The minimum absolute atomic E-state index is 0.135. The SMILES string of the molecule is CN1CCN(CCN2CCCC(c3ccc(C(=O)O)cc3)C2=O)CC1. The van der Waals surface area contributed by atoms with Gasteiger partial charge in [0.2, 0.25) is 5.91 Å². The Hall–Kier alpha value is -1.92. The molecule has 1 aromatic rings. The molecule has 0 bridgehead atoms. The number of piperazine rings is 1. The Bertz CT molecular complexity index is 609. The molecule has 0 spiro atoms. The number of aromatic carboxylic acids is 1. The highest BCUT2D eigenvalue weighted by Gasteiger charge is 2.30. The Morgan fingerprint density at radius 2 is 1.76 bits per heavy atom. The second-order valence-electron chi connectivity index (χ2n) is 7.09. The van der Waals surface area contributed by atoms with Crippen molar-refractivity contribution in [3.8, 4) is 0 Å². The summed E-state index contributed by atoms with van der Waals surface area (Å²) < 4.78 is 0. The van der Waals surface area contributed by atoms with E-state index in [1.807, 2.05) is 4.90 Å². The highest BCUT2D eigenvalue weighted by molar-refractivity contribution is 5.88. The van der Waals surface area contributed by atoms with E-state index < -0.39 is 5.97 Å². The van der Waals surface area contributed by atoms with Gasteiger partial charge in [-0.3, -0.25) is 9.69 Å². The molecule has 1 atom stereocenters. The summed E-state index contributed by atoms with van der Waals surface area (Å²) in [5.74, 6) is -0.886. The third-order valence-corrected chi connectivity index (χ3v) is 5.37. The monoisotopic (exact) mass is 345 g/mol. The van der Waals surface area contributed by atoms with Crippen LogP contribution in [-0.4, -0.2) is 84.5 Å². The van der Waals surface area contributed by atoms with E-state index in [2.05, 4.69) is 16.8 Å². The number of carboxylic acid groups (broad SMARTS) is 1. The minimum Gasteiger partial charge on any atom is -0.478 e. The lowest BCUT2D eigenvalue weighted by molar-refractivity contribution is -0.135. The molecular weight excluding hydrogens is 318 g/mol. The van der Waals surface area contributed by atoms with Crippen molar-refractivity contribution in [1.82, 2.24) is 14.7 Å². The Morgan fingerprint density at radius 1 is 1.08 bits per heavy atom. The number of carbonyl (C=O) groups is 2. The molecule has 2 fully saturated rings. The molecular formula is C19H27N3O3. The maximum atomic E-state index is 12.9. The third-order valence-electron chi connectivity index (χ3n) is 5.37. The quantitative estimate of drug-likeness (QED) is 0.872. The molecule has 2 aliphatic rings. The summed E-state index contributed by atoms with van der Waals surface area (Å²) >= 11 is 0. The second kappa shape index (κ2) is 7.97. The molecule has 1 N–H and O–H groups in total. The van der Waals surface area contributed by atoms with Gasteiger partial charge in [-0.1, -0.05) is 12.1 Å². The van der Waals surface area contributed by atoms with Crippen LogP contribution >= 0.6 is 0 Å². The molecule has 0 aromatic heterocycles. The number of amides is 1. The molecule has 6 heteroatoms. The van der Waals surface area contributed by atoms with Crippen molar-refractivity contribution >= 4 is 11.9 Å². The average Bonchev–Trinajstić information content (AvgIpc) is 2.62.